The standard InChI is InChI=1S/C10H17NO5S/c12-6-7-4-11(5-7)17(15,16)9-3-1-2-8(9)10(13)14/h7-9,12H,1-6H2,(H,13,14). The lowest BCUT2D eigenvalue weighted by molar-refractivity contribution is -0.141. The highest BCUT2D eigenvalue weighted by Crippen LogP contribution is 2.35. The minimum Gasteiger partial charge on any atom is -0.481 e. The topological polar surface area (TPSA) is 94.9 Å². The van der Waals surface area contributed by atoms with E-state index in [0.29, 0.717) is 32.4 Å². The molecule has 1 heterocycles. The minimum absolute atomic E-state index is 0.00876. The number of carboxylic acids is 1. The Morgan fingerprint density at radius 1 is 1.29 bits per heavy atom. The number of carboxylic acid groups (broad SMARTS) is 1. The van der Waals surface area contributed by atoms with Gasteiger partial charge < -0.3 is 10.2 Å². The van der Waals surface area contributed by atoms with E-state index in [4.69, 9.17) is 10.2 Å². The number of aliphatic carboxylic acids is 1. The lowest BCUT2D eigenvalue weighted by atomic mass is 10.1. The molecule has 1 aliphatic heterocycles. The Morgan fingerprint density at radius 2 is 1.94 bits per heavy atom. The van der Waals surface area contributed by atoms with E-state index in [2.05, 4.69) is 0 Å². The molecule has 1 saturated heterocycles. The first-order chi connectivity index (χ1) is 7.96. The summed E-state index contributed by atoms with van der Waals surface area (Å²) >= 11 is 0. The van der Waals surface area contributed by atoms with Crippen LogP contribution in [0.2, 0.25) is 0 Å². The van der Waals surface area contributed by atoms with Gasteiger partial charge in [-0.3, -0.25) is 4.79 Å². The van der Waals surface area contributed by atoms with Crippen molar-refractivity contribution in [1.82, 2.24) is 4.31 Å². The first-order valence-electron chi connectivity index (χ1n) is 5.79. The molecule has 0 aromatic heterocycles. The molecular formula is C10H17NO5S. The monoisotopic (exact) mass is 263 g/mol. The molecule has 2 fully saturated rings. The maximum atomic E-state index is 12.2. The van der Waals surface area contributed by atoms with Gasteiger partial charge in [0, 0.05) is 25.6 Å². The van der Waals surface area contributed by atoms with E-state index in [1.165, 1.54) is 4.31 Å². The Hall–Kier alpha value is -0.660. The SMILES string of the molecule is O=C(O)C1CCCC1S(=O)(=O)N1CC(CO)C1. The van der Waals surface area contributed by atoms with Crippen LogP contribution in [-0.4, -0.2) is 53.9 Å². The first kappa shape index (κ1) is 12.8. The molecule has 2 atom stereocenters. The summed E-state index contributed by atoms with van der Waals surface area (Å²) in [5.74, 6) is -1.78. The summed E-state index contributed by atoms with van der Waals surface area (Å²) in [4.78, 5) is 11.0. The van der Waals surface area contributed by atoms with Gasteiger partial charge in [0.15, 0.2) is 0 Å². The van der Waals surface area contributed by atoms with Gasteiger partial charge in [-0.1, -0.05) is 6.42 Å². The predicted octanol–water partition coefficient (Wildman–Crippen LogP) is -0.506. The van der Waals surface area contributed by atoms with Crippen LogP contribution in [0.4, 0.5) is 0 Å². The summed E-state index contributed by atoms with van der Waals surface area (Å²) in [6, 6.07) is 0. The summed E-state index contributed by atoms with van der Waals surface area (Å²) in [6.07, 6.45) is 1.52. The zero-order chi connectivity index (χ0) is 12.6. The van der Waals surface area contributed by atoms with Crippen molar-refractivity contribution in [2.75, 3.05) is 19.7 Å². The number of hydrogen-bond donors (Lipinski definition) is 2. The van der Waals surface area contributed by atoms with Gasteiger partial charge in [-0.25, -0.2) is 12.7 Å². The third-order valence-corrected chi connectivity index (χ3v) is 6.04. The van der Waals surface area contributed by atoms with Crippen molar-refractivity contribution in [2.24, 2.45) is 11.8 Å². The number of nitrogens with zero attached hydrogens (tertiary/aromatic N) is 1. The molecule has 2 rings (SSSR count). The Kier molecular flexibility index (Phi) is 3.42. The van der Waals surface area contributed by atoms with Gasteiger partial charge in [0.2, 0.25) is 10.0 Å². The van der Waals surface area contributed by atoms with Gasteiger partial charge in [0.25, 0.3) is 0 Å². The molecule has 7 heteroatoms. The molecule has 2 aliphatic rings. The van der Waals surface area contributed by atoms with Crippen LogP contribution in [-0.2, 0) is 14.8 Å². The van der Waals surface area contributed by atoms with Gasteiger partial charge in [-0.05, 0) is 12.8 Å². The van der Waals surface area contributed by atoms with Crippen LogP contribution < -0.4 is 0 Å². The van der Waals surface area contributed by atoms with Crippen LogP contribution in [0, 0.1) is 11.8 Å². The average Bonchev–Trinajstić information content (AvgIpc) is 2.64. The van der Waals surface area contributed by atoms with Gasteiger partial charge >= 0.3 is 5.97 Å². The third kappa shape index (κ3) is 2.19. The Morgan fingerprint density at radius 3 is 2.47 bits per heavy atom. The molecule has 1 saturated carbocycles. The third-order valence-electron chi connectivity index (χ3n) is 3.69. The van der Waals surface area contributed by atoms with Crippen molar-refractivity contribution < 1.29 is 23.4 Å². The second-order valence-electron chi connectivity index (χ2n) is 4.82. The number of sulfonamides is 1. The maximum absolute atomic E-state index is 12.2. The number of aliphatic hydroxyl groups is 1. The van der Waals surface area contributed by atoms with Crippen LogP contribution >= 0.6 is 0 Å². The van der Waals surface area contributed by atoms with E-state index in [1.807, 2.05) is 0 Å². The van der Waals surface area contributed by atoms with E-state index in [0.717, 1.165) is 0 Å². The molecule has 0 spiro atoms. The van der Waals surface area contributed by atoms with Crippen LogP contribution in [0.5, 0.6) is 0 Å². The molecule has 1 aliphatic carbocycles. The van der Waals surface area contributed by atoms with Crippen LogP contribution in [0.25, 0.3) is 0 Å². The van der Waals surface area contributed by atoms with E-state index in [-0.39, 0.29) is 12.5 Å². The average molecular weight is 263 g/mol. The molecule has 17 heavy (non-hydrogen) atoms. The van der Waals surface area contributed by atoms with Crippen molar-refractivity contribution in [3.05, 3.63) is 0 Å². The van der Waals surface area contributed by atoms with Crippen molar-refractivity contribution in [3.8, 4) is 0 Å². The van der Waals surface area contributed by atoms with Crippen LogP contribution in [0.3, 0.4) is 0 Å². The summed E-state index contributed by atoms with van der Waals surface area (Å²) in [5, 5.41) is 17.1. The maximum Gasteiger partial charge on any atom is 0.307 e. The molecule has 0 amide bonds. The van der Waals surface area contributed by atoms with Crippen molar-refractivity contribution in [2.45, 2.75) is 24.5 Å². The van der Waals surface area contributed by atoms with Crippen LogP contribution in [0.1, 0.15) is 19.3 Å². The summed E-state index contributed by atoms with van der Waals surface area (Å²) < 4.78 is 25.7. The van der Waals surface area contributed by atoms with Gasteiger partial charge in [0.05, 0.1) is 11.2 Å². The quantitative estimate of drug-likeness (QED) is 0.712. The molecule has 2 N–H and O–H groups in total. The first-order valence-corrected chi connectivity index (χ1v) is 7.29. The summed E-state index contributed by atoms with van der Waals surface area (Å²) in [5.41, 5.74) is 0. The fourth-order valence-electron chi connectivity index (χ4n) is 2.60. The van der Waals surface area contributed by atoms with E-state index in [9.17, 15) is 13.2 Å². The fourth-order valence-corrected chi connectivity index (χ4v) is 4.95. The molecule has 0 aromatic carbocycles. The van der Waals surface area contributed by atoms with Gasteiger partial charge in [-0.15, -0.1) is 0 Å². The molecule has 0 bridgehead atoms. The van der Waals surface area contributed by atoms with Crippen molar-refractivity contribution in [3.63, 3.8) is 0 Å². The molecule has 2 unspecified atom stereocenters. The zero-order valence-corrected chi connectivity index (χ0v) is 10.3. The highest BCUT2D eigenvalue weighted by atomic mass is 32.2. The highest BCUT2D eigenvalue weighted by Gasteiger charge is 2.47. The van der Waals surface area contributed by atoms with E-state index < -0.39 is 27.2 Å². The predicted molar refractivity (Wildman–Crippen MR) is 59.8 cm³/mol. The Labute approximate surface area is 100 Å². The Bertz CT molecular complexity index is 401. The zero-order valence-electron chi connectivity index (χ0n) is 9.45. The fraction of sp³-hybridized carbons (Fsp3) is 0.900. The molecule has 0 radical (unpaired) electrons. The van der Waals surface area contributed by atoms with Gasteiger partial charge in [-0.2, -0.15) is 0 Å². The summed E-state index contributed by atoms with van der Waals surface area (Å²) in [6.45, 7) is 0.627. The van der Waals surface area contributed by atoms with E-state index in [1.54, 1.807) is 0 Å². The molecule has 98 valence electrons. The number of carbonyl (C=O) groups is 1. The largest absolute Gasteiger partial charge is 0.481 e. The molecule has 6 nitrogen and oxygen atoms in total. The lowest BCUT2D eigenvalue weighted by Crippen LogP contribution is -2.55. The lowest BCUT2D eigenvalue weighted by Gasteiger charge is -2.39. The second kappa shape index (κ2) is 4.55. The van der Waals surface area contributed by atoms with Crippen molar-refractivity contribution >= 4 is 16.0 Å². The normalized spacial score (nSPS) is 31.4. The van der Waals surface area contributed by atoms with E-state index >= 15 is 0 Å². The number of rotatable bonds is 4. The smallest absolute Gasteiger partial charge is 0.307 e. The Balaban J connectivity index is 2.08. The summed E-state index contributed by atoms with van der Waals surface area (Å²) in [7, 11) is -3.50. The van der Waals surface area contributed by atoms with Gasteiger partial charge in [0.1, 0.15) is 0 Å². The number of hydrogen-bond acceptors (Lipinski definition) is 4. The van der Waals surface area contributed by atoms with Crippen LogP contribution in [0.15, 0.2) is 0 Å². The molecule has 0 aromatic rings. The molecular weight excluding hydrogens is 246 g/mol. The number of aliphatic hydroxyl groups excluding tert-OH is 1. The second-order valence-corrected chi connectivity index (χ2v) is 6.98. The highest BCUT2D eigenvalue weighted by molar-refractivity contribution is 7.89. The van der Waals surface area contributed by atoms with Crippen molar-refractivity contribution in [1.29, 1.82) is 0 Å². The minimum atomic E-state index is -3.50.